The maximum Gasteiger partial charge on any atom is 0.267 e. The van der Waals surface area contributed by atoms with Crippen LogP contribution in [-0.2, 0) is 21.1 Å². The molecule has 0 spiro atoms. The van der Waals surface area contributed by atoms with Gasteiger partial charge in [0.1, 0.15) is 21.7 Å². The molecule has 0 saturated carbocycles. The maximum atomic E-state index is 13.4. The van der Waals surface area contributed by atoms with Crippen LogP contribution in [0.2, 0.25) is 0 Å². The number of sulfone groups is 1. The Balaban J connectivity index is 1.86. The van der Waals surface area contributed by atoms with E-state index < -0.39 is 9.84 Å². The second kappa shape index (κ2) is 7.44. The summed E-state index contributed by atoms with van der Waals surface area (Å²) in [5.74, 6) is 0. The van der Waals surface area contributed by atoms with E-state index in [2.05, 4.69) is 4.98 Å². The van der Waals surface area contributed by atoms with Crippen molar-refractivity contribution in [2.24, 2.45) is 0 Å². The van der Waals surface area contributed by atoms with Gasteiger partial charge in [-0.3, -0.25) is 14.6 Å². The van der Waals surface area contributed by atoms with Crippen LogP contribution in [0.25, 0.3) is 16.7 Å². The van der Waals surface area contributed by atoms with Crippen molar-refractivity contribution in [2.75, 3.05) is 6.61 Å². The average molecular weight is 436 g/mol. The molecule has 1 atom stereocenters. The van der Waals surface area contributed by atoms with Crippen molar-refractivity contribution in [1.82, 2.24) is 14.0 Å². The zero-order valence-corrected chi connectivity index (χ0v) is 17.4. The first kappa shape index (κ1) is 19.7. The molecule has 4 aromatic rings. The highest BCUT2D eigenvalue weighted by molar-refractivity contribution is 7.91. The zero-order valence-electron chi connectivity index (χ0n) is 16.6. The van der Waals surface area contributed by atoms with E-state index in [0.717, 1.165) is 12.8 Å². The molecule has 1 aliphatic rings. The molecule has 0 radical (unpaired) electrons. The molecule has 1 aliphatic heterocycles. The third kappa shape index (κ3) is 3.26. The molecule has 8 nitrogen and oxygen atoms in total. The average Bonchev–Trinajstić information content (AvgIpc) is 3.30. The van der Waals surface area contributed by atoms with E-state index in [1.807, 2.05) is 0 Å². The predicted molar refractivity (Wildman–Crippen MR) is 114 cm³/mol. The molecule has 5 rings (SSSR count). The summed E-state index contributed by atoms with van der Waals surface area (Å²) in [6.45, 7) is 0.875. The number of fused-ring (bicyclic) bond motifs is 2. The van der Waals surface area contributed by atoms with Crippen molar-refractivity contribution in [3.8, 4) is 0 Å². The number of aromatic nitrogens is 3. The molecule has 1 aromatic carbocycles. The quantitative estimate of drug-likeness (QED) is 0.493. The minimum atomic E-state index is -4.01. The van der Waals surface area contributed by atoms with Gasteiger partial charge < -0.3 is 9.30 Å². The number of hydrogen-bond acceptors (Lipinski definition) is 6. The molecule has 31 heavy (non-hydrogen) atoms. The Labute approximate surface area is 177 Å². The highest BCUT2D eigenvalue weighted by Crippen LogP contribution is 2.22. The van der Waals surface area contributed by atoms with E-state index in [1.54, 1.807) is 42.6 Å². The Morgan fingerprint density at radius 1 is 1.13 bits per heavy atom. The van der Waals surface area contributed by atoms with Crippen LogP contribution in [-0.4, -0.2) is 35.1 Å². The number of nitrogens with zero attached hydrogens (tertiary/aromatic N) is 3. The van der Waals surface area contributed by atoms with E-state index in [4.69, 9.17) is 10.1 Å². The van der Waals surface area contributed by atoms with Gasteiger partial charge in [-0.1, -0.05) is 24.3 Å². The summed E-state index contributed by atoms with van der Waals surface area (Å²) in [6.07, 6.45) is 3.13. The lowest BCUT2D eigenvalue weighted by atomic mass is 10.2. The molecule has 9 heteroatoms. The van der Waals surface area contributed by atoms with Gasteiger partial charge in [-0.2, -0.15) is 0 Å². The fourth-order valence-electron chi connectivity index (χ4n) is 3.96. The topological polar surface area (TPSA) is 107 Å². The summed E-state index contributed by atoms with van der Waals surface area (Å²) in [5, 5.41) is 8.90. The summed E-state index contributed by atoms with van der Waals surface area (Å²) >= 11 is 0. The van der Waals surface area contributed by atoms with E-state index in [0.29, 0.717) is 12.3 Å². The van der Waals surface area contributed by atoms with Gasteiger partial charge in [-0.25, -0.2) is 13.4 Å². The largest absolute Gasteiger partial charge is 0.376 e. The molecule has 0 bridgehead atoms. The first-order valence-corrected chi connectivity index (χ1v) is 11.5. The van der Waals surface area contributed by atoms with Crippen molar-refractivity contribution in [2.45, 2.75) is 35.3 Å². The summed E-state index contributed by atoms with van der Waals surface area (Å²) in [7, 11) is -4.01. The Kier molecular flexibility index (Phi) is 4.71. The predicted octanol–water partition coefficient (Wildman–Crippen LogP) is 2.14. The van der Waals surface area contributed by atoms with Gasteiger partial charge in [-0.15, -0.1) is 0 Å². The SMILES string of the molecule is N=c1c(S(=O)(=O)c2ccccc2)cc2c(=O)n3ccccc3nc2n1C[C@@H]1CCCO1. The highest BCUT2D eigenvalue weighted by Gasteiger charge is 2.26. The number of pyridine rings is 2. The van der Waals surface area contributed by atoms with Crippen molar-refractivity contribution >= 4 is 26.5 Å². The van der Waals surface area contributed by atoms with Crippen molar-refractivity contribution in [3.63, 3.8) is 0 Å². The smallest absolute Gasteiger partial charge is 0.267 e. The molecule has 1 N–H and O–H groups in total. The minimum absolute atomic E-state index is 0.0698. The van der Waals surface area contributed by atoms with Gasteiger partial charge in [0.15, 0.2) is 0 Å². The molecule has 0 aliphatic carbocycles. The van der Waals surface area contributed by atoms with Gasteiger partial charge in [0.05, 0.1) is 22.9 Å². The summed E-state index contributed by atoms with van der Waals surface area (Å²) in [5.41, 5.74) is 0.119. The first-order chi connectivity index (χ1) is 15.0. The Morgan fingerprint density at radius 3 is 2.65 bits per heavy atom. The fraction of sp³-hybridized carbons (Fsp3) is 0.227. The summed E-state index contributed by atoms with van der Waals surface area (Å²) < 4.78 is 35.3. The molecule has 0 unspecified atom stereocenters. The van der Waals surface area contributed by atoms with Crippen molar-refractivity contribution in [1.29, 1.82) is 5.41 Å². The van der Waals surface area contributed by atoms with E-state index in [9.17, 15) is 13.2 Å². The molecular formula is C22H20N4O4S. The van der Waals surface area contributed by atoms with E-state index in [-0.39, 0.29) is 44.5 Å². The molecule has 0 amide bonds. The number of nitrogens with one attached hydrogen (secondary N) is 1. The van der Waals surface area contributed by atoms with Crippen LogP contribution in [0, 0.1) is 5.41 Å². The Morgan fingerprint density at radius 2 is 1.90 bits per heavy atom. The first-order valence-electron chi connectivity index (χ1n) is 9.98. The monoisotopic (exact) mass is 436 g/mol. The minimum Gasteiger partial charge on any atom is -0.376 e. The lowest BCUT2D eigenvalue weighted by molar-refractivity contribution is 0.0965. The molecule has 3 aromatic heterocycles. The lowest BCUT2D eigenvalue weighted by Crippen LogP contribution is -2.33. The van der Waals surface area contributed by atoms with Crippen LogP contribution in [0.3, 0.4) is 0 Å². The van der Waals surface area contributed by atoms with Crippen molar-refractivity contribution < 1.29 is 13.2 Å². The molecule has 1 fully saturated rings. The second-order valence-corrected chi connectivity index (χ2v) is 9.42. The number of hydrogen-bond donors (Lipinski definition) is 1. The molecule has 1 saturated heterocycles. The molecule has 4 heterocycles. The highest BCUT2D eigenvalue weighted by atomic mass is 32.2. The Bertz CT molecular complexity index is 1520. The molecule has 158 valence electrons. The lowest BCUT2D eigenvalue weighted by Gasteiger charge is -2.17. The number of benzene rings is 1. The van der Waals surface area contributed by atoms with Gasteiger partial charge >= 0.3 is 0 Å². The third-order valence-corrected chi connectivity index (χ3v) is 7.32. The molecular weight excluding hydrogens is 416 g/mol. The van der Waals surface area contributed by atoms with Gasteiger partial charge in [0.2, 0.25) is 9.84 Å². The maximum absolute atomic E-state index is 13.4. The third-order valence-electron chi connectivity index (χ3n) is 5.54. The van der Waals surface area contributed by atoms with Crippen LogP contribution in [0.1, 0.15) is 12.8 Å². The van der Waals surface area contributed by atoms with E-state index >= 15 is 0 Å². The van der Waals surface area contributed by atoms with Crippen molar-refractivity contribution in [3.05, 3.63) is 76.6 Å². The zero-order chi connectivity index (χ0) is 21.6. The van der Waals surface area contributed by atoms with Crippen LogP contribution >= 0.6 is 0 Å². The second-order valence-electron chi connectivity index (χ2n) is 7.50. The van der Waals surface area contributed by atoms with Crippen LogP contribution in [0.5, 0.6) is 0 Å². The van der Waals surface area contributed by atoms with Gasteiger partial charge in [0, 0.05) is 12.8 Å². The van der Waals surface area contributed by atoms with Gasteiger partial charge in [0.25, 0.3) is 5.56 Å². The fourth-order valence-corrected chi connectivity index (χ4v) is 5.37. The van der Waals surface area contributed by atoms with Crippen LogP contribution < -0.4 is 11.0 Å². The van der Waals surface area contributed by atoms with Gasteiger partial charge in [-0.05, 0) is 43.2 Å². The summed E-state index contributed by atoms with van der Waals surface area (Å²) in [4.78, 5) is 17.7. The van der Waals surface area contributed by atoms with E-state index in [1.165, 1.54) is 27.2 Å². The normalized spacial score (nSPS) is 16.8. The number of rotatable bonds is 4. The standard InChI is InChI=1S/C22H20N4O4S/c23-20-18(31(28,29)16-8-2-1-3-9-16)13-17-21(26(20)14-15-7-6-12-30-15)24-19-10-4-5-11-25(19)22(17)27/h1-5,8-11,13,15,23H,6-7,12,14H2/t15-/m0/s1. The van der Waals surface area contributed by atoms with Crippen LogP contribution in [0.15, 0.2) is 75.4 Å². The number of ether oxygens (including phenoxy) is 1. The summed E-state index contributed by atoms with van der Waals surface area (Å²) in [6, 6.07) is 14.4. The Hall–Kier alpha value is -3.30. The van der Waals surface area contributed by atoms with Crippen LogP contribution in [0.4, 0.5) is 0 Å².